The van der Waals surface area contributed by atoms with Crippen molar-refractivity contribution in [2.75, 3.05) is 7.05 Å². The summed E-state index contributed by atoms with van der Waals surface area (Å²) in [5.41, 5.74) is 4.92. The van der Waals surface area contributed by atoms with Crippen LogP contribution in [0.15, 0.2) is 66.4 Å². The van der Waals surface area contributed by atoms with Crippen molar-refractivity contribution in [2.45, 2.75) is 6.92 Å². The van der Waals surface area contributed by atoms with Crippen LogP contribution in [0.5, 0.6) is 0 Å². The Kier molecular flexibility index (Phi) is 3.61. The number of benzene rings is 2. The molecule has 0 fully saturated rings. The minimum atomic E-state index is 1.18. The predicted octanol–water partition coefficient (Wildman–Crippen LogP) is 3.69. The molecule has 0 saturated carbocycles. The van der Waals surface area contributed by atoms with Gasteiger partial charge >= 0.3 is 0 Å². The fourth-order valence-corrected chi connectivity index (χ4v) is 1.93. The third-order valence-electron chi connectivity index (χ3n) is 2.87. The van der Waals surface area contributed by atoms with Gasteiger partial charge in [-0.3, -0.25) is 0 Å². The molecule has 0 unspecified atom stereocenters. The first-order valence-electron chi connectivity index (χ1n) is 5.82. The highest BCUT2D eigenvalue weighted by molar-refractivity contribution is 5.81. The zero-order valence-electron chi connectivity index (χ0n) is 10.3. The van der Waals surface area contributed by atoms with E-state index < -0.39 is 0 Å². The van der Waals surface area contributed by atoms with E-state index in [0.717, 1.165) is 0 Å². The fraction of sp³-hybridized carbons (Fsp3) is 0.125. The van der Waals surface area contributed by atoms with Crippen LogP contribution in [0.25, 0.3) is 5.57 Å². The molecule has 2 rings (SSSR count). The molecule has 1 N–H and O–H groups in total. The average molecular weight is 223 g/mol. The summed E-state index contributed by atoms with van der Waals surface area (Å²) in [5.74, 6) is 0. The lowest BCUT2D eigenvalue weighted by Gasteiger charge is -2.13. The number of hydrogen-bond acceptors (Lipinski definition) is 1. The molecular formula is C16H17N. The van der Waals surface area contributed by atoms with Crippen molar-refractivity contribution in [1.82, 2.24) is 5.32 Å². The van der Waals surface area contributed by atoms with Crippen LogP contribution in [0.2, 0.25) is 0 Å². The lowest BCUT2D eigenvalue weighted by Crippen LogP contribution is -2.06. The van der Waals surface area contributed by atoms with Gasteiger partial charge in [0.15, 0.2) is 0 Å². The van der Waals surface area contributed by atoms with E-state index >= 15 is 0 Å². The van der Waals surface area contributed by atoms with Crippen LogP contribution < -0.4 is 5.32 Å². The Hall–Kier alpha value is -2.02. The molecule has 2 aromatic carbocycles. The number of nitrogens with one attached hydrogen (secondary N) is 1. The van der Waals surface area contributed by atoms with Gasteiger partial charge in [0.05, 0.1) is 0 Å². The second-order valence-corrected chi connectivity index (χ2v) is 3.98. The van der Waals surface area contributed by atoms with Crippen LogP contribution in [0.4, 0.5) is 0 Å². The lowest BCUT2D eigenvalue weighted by molar-refractivity contribution is 0.993. The molecule has 0 aliphatic rings. The monoisotopic (exact) mass is 223 g/mol. The summed E-state index contributed by atoms with van der Waals surface area (Å²) < 4.78 is 0. The standard InChI is InChI=1S/C16H17N/c1-13(17-2)16(14-9-5-3-6-10-14)15-11-7-4-8-12-15/h3-12,17H,1-2H3. The van der Waals surface area contributed by atoms with Crippen molar-refractivity contribution in [2.24, 2.45) is 0 Å². The zero-order valence-corrected chi connectivity index (χ0v) is 10.3. The molecule has 0 radical (unpaired) electrons. The summed E-state index contributed by atoms with van der Waals surface area (Å²) in [5, 5.41) is 3.24. The molecule has 0 amide bonds. The Morgan fingerprint density at radius 1 is 0.765 bits per heavy atom. The summed E-state index contributed by atoms with van der Waals surface area (Å²) in [6, 6.07) is 20.9. The van der Waals surface area contributed by atoms with Crippen LogP contribution >= 0.6 is 0 Å². The summed E-state index contributed by atoms with van der Waals surface area (Å²) >= 11 is 0. The Morgan fingerprint density at radius 2 is 1.18 bits per heavy atom. The maximum absolute atomic E-state index is 3.24. The molecule has 0 aromatic heterocycles. The van der Waals surface area contributed by atoms with Gasteiger partial charge < -0.3 is 5.32 Å². The molecule has 0 spiro atoms. The fourth-order valence-electron chi connectivity index (χ4n) is 1.93. The molecular weight excluding hydrogens is 206 g/mol. The maximum Gasteiger partial charge on any atom is 0.0158 e. The van der Waals surface area contributed by atoms with E-state index in [1.165, 1.54) is 22.4 Å². The van der Waals surface area contributed by atoms with Gasteiger partial charge in [-0.25, -0.2) is 0 Å². The number of rotatable bonds is 3. The summed E-state index contributed by atoms with van der Waals surface area (Å²) in [6.07, 6.45) is 0. The van der Waals surface area contributed by atoms with Crippen LogP contribution in [-0.4, -0.2) is 7.05 Å². The molecule has 0 aliphatic heterocycles. The van der Waals surface area contributed by atoms with Gasteiger partial charge in [0.2, 0.25) is 0 Å². The van der Waals surface area contributed by atoms with Crippen LogP contribution in [0.3, 0.4) is 0 Å². The Labute approximate surface area is 103 Å². The van der Waals surface area contributed by atoms with Crippen molar-refractivity contribution in [1.29, 1.82) is 0 Å². The first-order valence-corrected chi connectivity index (χ1v) is 5.82. The van der Waals surface area contributed by atoms with Crippen molar-refractivity contribution in [3.63, 3.8) is 0 Å². The minimum absolute atomic E-state index is 1.18. The highest BCUT2D eigenvalue weighted by atomic mass is 14.8. The summed E-state index contributed by atoms with van der Waals surface area (Å²) in [7, 11) is 1.96. The molecule has 0 heterocycles. The van der Waals surface area contributed by atoms with E-state index in [1.807, 2.05) is 19.2 Å². The second-order valence-electron chi connectivity index (χ2n) is 3.98. The first kappa shape index (κ1) is 11.5. The zero-order chi connectivity index (χ0) is 12.1. The van der Waals surface area contributed by atoms with Gasteiger partial charge in [-0.1, -0.05) is 60.7 Å². The van der Waals surface area contributed by atoms with Gasteiger partial charge in [-0.2, -0.15) is 0 Å². The second kappa shape index (κ2) is 5.35. The van der Waals surface area contributed by atoms with Crippen molar-refractivity contribution in [3.05, 3.63) is 77.5 Å². The van der Waals surface area contributed by atoms with E-state index in [2.05, 4.69) is 60.8 Å². The smallest absolute Gasteiger partial charge is 0.0158 e. The van der Waals surface area contributed by atoms with Gasteiger partial charge in [-0.05, 0) is 18.1 Å². The molecule has 1 nitrogen and oxygen atoms in total. The van der Waals surface area contributed by atoms with Crippen LogP contribution in [-0.2, 0) is 0 Å². The molecule has 17 heavy (non-hydrogen) atoms. The predicted molar refractivity (Wildman–Crippen MR) is 73.6 cm³/mol. The molecule has 1 heteroatoms. The molecule has 2 aromatic rings. The molecule has 0 aliphatic carbocycles. The Bertz CT molecular complexity index is 456. The van der Waals surface area contributed by atoms with E-state index in [1.54, 1.807) is 0 Å². The number of allylic oxidation sites excluding steroid dienone is 1. The SMILES string of the molecule is CNC(C)=C(c1ccccc1)c1ccccc1. The molecule has 0 atom stereocenters. The third kappa shape index (κ3) is 2.56. The quantitative estimate of drug-likeness (QED) is 0.837. The first-order chi connectivity index (χ1) is 8.33. The topological polar surface area (TPSA) is 12.0 Å². The van der Waals surface area contributed by atoms with Crippen molar-refractivity contribution < 1.29 is 0 Å². The molecule has 0 saturated heterocycles. The molecule has 0 bridgehead atoms. The summed E-state index contributed by atoms with van der Waals surface area (Å²) in [4.78, 5) is 0. The number of hydrogen-bond donors (Lipinski definition) is 1. The minimum Gasteiger partial charge on any atom is -0.391 e. The van der Waals surface area contributed by atoms with Crippen molar-refractivity contribution in [3.8, 4) is 0 Å². The third-order valence-corrected chi connectivity index (χ3v) is 2.87. The van der Waals surface area contributed by atoms with Gasteiger partial charge in [-0.15, -0.1) is 0 Å². The summed E-state index contributed by atoms with van der Waals surface area (Å²) in [6.45, 7) is 2.11. The average Bonchev–Trinajstić information content (AvgIpc) is 2.41. The largest absolute Gasteiger partial charge is 0.391 e. The van der Waals surface area contributed by atoms with Gasteiger partial charge in [0.25, 0.3) is 0 Å². The van der Waals surface area contributed by atoms with E-state index in [-0.39, 0.29) is 0 Å². The van der Waals surface area contributed by atoms with E-state index in [4.69, 9.17) is 0 Å². The van der Waals surface area contributed by atoms with Crippen molar-refractivity contribution >= 4 is 5.57 Å². The van der Waals surface area contributed by atoms with Gasteiger partial charge in [0, 0.05) is 18.3 Å². The van der Waals surface area contributed by atoms with E-state index in [9.17, 15) is 0 Å². The lowest BCUT2D eigenvalue weighted by atomic mass is 9.96. The van der Waals surface area contributed by atoms with Gasteiger partial charge in [0.1, 0.15) is 0 Å². The van der Waals surface area contributed by atoms with Crippen LogP contribution in [0, 0.1) is 0 Å². The van der Waals surface area contributed by atoms with Crippen LogP contribution in [0.1, 0.15) is 18.1 Å². The highest BCUT2D eigenvalue weighted by Gasteiger charge is 2.07. The highest BCUT2D eigenvalue weighted by Crippen LogP contribution is 2.25. The maximum atomic E-state index is 3.24. The van der Waals surface area contributed by atoms with E-state index in [0.29, 0.717) is 0 Å². The molecule has 86 valence electrons. The normalized spacial score (nSPS) is 9.76. The Morgan fingerprint density at radius 3 is 1.53 bits per heavy atom. The Balaban J connectivity index is 2.56.